The number of nitrogens with zero attached hydrogens (tertiary/aromatic N) is 4. The van der Waals surface area contributed by atoms with Crippen LogP contribution in [0.15, 0.2) is 28.7 Å². The molecule has 4 rings (SSSR count). The highest BCUT2D eigenvalue weighted by molar-refractivity contribution is 5.28. The summed E-state index contributed by atoms with van der Waals surface area (Å²) >= 11 is 0. The third kappa shape index (κ3) is 3.53. The van der Waals surface area contributed by atoms with Gasteiger partial charge in [0.05, 0.1) is 7.11 Å². The van der Waals surface area contributed by atoms with Crippen LogP contribution in [0.4, 0.5) is 6.01 Å². The minimum Gasteiger partial charge on any atom is -0.497 e. The topological polar surface area (TPSA) is 54.6 Å². The van der Waals surface area contributed by atoms with Gasteiger partial charge in [-0.25, -0.2) is 0 Å². The first-order valence-electron chi connectivity index (χ1n) is 8.75. The van der Waals surface area contributed by atoms with Crippen LogP contribution in [0.3, 0.4) is 0 Å². The summed E-state index contributed by atoms with van der Waals surface area (Å²) in [6, 6.07) is 9.03. The molecule has 128 valence electrons. The zero-order chi connectivity index (χ0) is 16.4. The zero-order valence-corrected chi connectivity index (χ0v) is 14.1. The number of rotatable bonds is 5. The van der Waals surface area contributed by atoms with Gasteiger partial charge in [0.2, 0.25) is 5.89 Å². The third-order valence-electron chi connectivity index (χ3n) is 4.78. The molecule has 0 atom stereocenters. The largest absolute Gasteiger partial charge is 0.497 e. The van der Waals surface area contributed by atoms with E-state index in [4.69, 9.17) is 9.15 Å². The van der Waals surface area contributed by atoms with Gasteiger partial charge in [-0.2, -0.15) is 0 Å². The van der Waals surface area contributed by atoms with E-state index in [9.17, 15) is 0 Å². The molecule has 6 nitrogen and oxygen atoms in total. The van der Waals surface area contributed by atoms with Gasteiger partial charge in [-0.15, -0.1) is 5.10 Å². The van der Waals surface area contributed by atoms with Gasteiger partial charge in [0.1, 0.15) is 5.75 Å². The second-order valence-electron chi connectivity index (χ2n) is 6.66. The average molecular weight is 328 g/mol. The van der Waals surface area contributed by atoms with Crippen LogP contribution in [0, 0.1) is 0 Å². The van der Waals surface area contributed by atoms with Crippen molar-refractivity contribution in [2.24, 2.45) is 0 Å². The van der Waals surface area contributed by atoms with E-state index in [0.29, 0.717) is 11.9 Å². The number of anilines is 1. The van der Waals surface area contributed by atoms with Gasteiger partial charge < -0.3 is 14.1 Å². The van der Waals surface area contributed by atoms with Crippen molar-refractivity contribution in [3.8, 4) is 5.75 Å². The predicted molar refractivity (Wildman–Crippen MR) is 91.4 cm³/mol. The van der Waals surface area contributed by atoms with Crippen LogP contribution >= 0.6 is 0 Å². The highest BCUT2D eigenvalue weighted by atomic mass is 16.5. The van der Waals surface area contributed by atoms with Crippen LogP contribution in [-0.4, -0.2) is 48.4 Å². The Morgan fingerprint density at radius 3 is 2.67 bits per heavy atom. The first-order valence-corrected chi connectivity index (χ1v) is 8.75. The SMILES string of the molecule is COc1ccc(CN2CCCN(c3nnc(C4CC4)o3)CC2)cc1. The van der Waals surface area contributed by atoms with Crippen molar-refractivity contribution in [3.63, 3.8) is 0 Å². The molecule has 1 saturated heterocycles. The van der Waals surface area contributed by atoms with Crippen molar-refractivity contribution in [2.45, 2.75) is 31.7 Å². The maximum atomic E-state index is 5.85. The van der Waals surface area contributed by atoms with Gasteiger partial charge in [-0.3, -0.25) is 4.90 Å². The Morgan fingerprint density at radius 1 is 1.08 bits per heavy atom. The molecular weight excluding hydrogens is 304 g/mol. The van der Waals surface area contributed by atoms with Crippen LogP contribution < -0.4 is 9.64 Å². The third-order valence-corrected chi connectivity index (χ3v) is 4.78. The second kappa shape index (κ2) is 6.81. The molecule has 24 heavy (non-hydrogen) atoms. The Labute approximate surface area is 142 Å². The van der Waals surface area contributed by atoms with E-state index in [1.807, 2.05) is 12.1 Å². The van der Waals surface area contributed by atoms with Crippen molar-refractivity contribution >= 4 is 6.01 Å². The lowest BCUT2D eigenvalue weighted by Gasteiger charge is -2.20. The van der Waals surface area contributed by atoms with Crippen molar-refractivity contribution in [3.05, 3.63) is 35.7 Å². The maximum absolute atomic E-state index is 5.85. The normalized spacial score (nSPS) is 19.3. The van der Waals surface area contributed by atoms with Crippen LogP contribution in [0.1, 0.15) is 36.6 Å². The number of ether oxygens (including phenoxy) is 1. The van der Waals surface area contributed by atoms with Crippen molar-refractivity contribution in [1.82, 2.24) is 15.1 Å². The van der Waals surface area contributed by atoms with Crippen LogP contribution in [0.2, 0.25) is 0 Å². The van der Waals surface area contributed by atoms with Crippen molar-refractivity contribution in [1.29, 1.82) is 0 Å². The summed E-state index contributed by atoms with van der Waals surface area (Å²) < 4.78 is 11.1. The van der Waals surface area contributed by atoms with E-state index in [1.165, 1.54) is 18.4 Å². The van der Waals surface area contributed by atoms with Gasteiger partial charge in [-0.1, -0.05) is 17.2 Å². The van der Waals surface area contributed by atoms with Crippen LogP contribution in [0.25, 0.3) is 0 Å². The van der Waals surface area contributed by atoms with E-state index in [1.54, 1.807) is 7.11 Å². The molecule has 0 N–H and O–H groups in total. The molecule has 0 spiro atoms. The number of aromatic nitrogens is 2. The predicted octanol–water partition coefficient (Wildman–Crippen LogP) is 2.67. The maximum Gasteiger partial charge on any atom is 0.318 e. The molecule has 1 aliphatic carbocycles. The number of benzene rings is 1. The average Bonchev–Trinajstić information content (AvgIpc) is 3.39. The number of methoxy groups -OCH3 is 1. The molecule has 0 amide bonds. The lowest BCUT2D eigenvalue weighted by molar-refractivity contribution is 0.285. The molecule has 2 aromatic rings. The van der Waals surface area contributed by atoms with E-state index in [0.717, 1.165) is 50.8 Å². The Kier molecular flexibility index (Phi) is 4.38. The minimum atomic E-state index is 0.518. The fraction of sp³-hybridized carbons (Fsp3) is 0.556. The zero-order valence-electron chi connectivity index (χ0n) is 14.1. The summed E-state index contributed by atoms with van der Waals surface area (Å²) in [5.41, 5.74) is 1.32. The van der Waals surface area contributed by atoms with Gasteiger partial charge in [0.25, 0.3) is 0 Å². The van der Waals surface area contributed by atoms with Crippen molar-refractivity contribution < 1.29 is 9.15 Å². The molecule has 1 saturated carbocycles. The molecule has 1 aliphatic heterocycles. The lowest BCUT2D eigenvalue weighted by atomic mass is 10.2. The van der Waals surface area contributed by atoms with Crippen LogP contribution in [0.5, 0.6) is 5.75 Å². The fourth-order valence-corrected chi connectivity index (χ4v) is 3.16. The Hall–Kier alpha value is -2.08. The molecule has 1 aromatic carbocycles. The summed E-state index contributed by atoms with van der Waals surface area (Å²) in [6.07, 6.45) is 3.49. The fourth-order valence-electron chi connectivity index (χ4n) is 3.16. The second-order valence-corrected chi connectivity index (χ2v) is 6.66. The first kappa shape index (κ1) is 15.4. The van der Waals surface area contributed by atoms with E-state index in [-0.39, 0.29) is 0 Å². The molecule has 0 bridgehead atoms. The van der Waals surface area contributed by atoms with E-state index in [2.05, 4.69) is 32.1 Å². The molecule has 2 heterocycles. The summed E-state index contributed by atoms with van der Waals surface area (Å²) in [5.74, 6) is 2.25. The Morgan fingerprint density at radius 2 is 1.92 bits per heavy atom. The van der Waals surface area contributed by atoms with Gasteiger partial charge >= 0.3 is 6.01 Å². The Balaban J connectivity index is 1.34. The quantitative estimate of drug-likeness (QED) is 0.841. The molecule has 2 fully saturated rings. The first-order chi connectivity index (χ1) is 11.8. The summed E-state index contributed by atoms with van der Waals surface area (Å²) in [6.45, 7) is 4.97. The highest BCUT2D eigenvalue weighted by Gasteiger charge is 2.30. The summed E-state index contributed by atoms with van der Waals surface area (Å²) in [7, 11) is 1.70. The smallest absolute Gasteiger partial charge is 0.318 e. The molecule has 6 heteroatoms. The highest BCUT2D eigenvalue weighted by Crippen LogP contribution is 2.39. The number of hydrogen-bond donors (Lipinski definition) is 0. The lowest BCUT2D eigenvalue weighted by Crippen LogP contribution is -2.30. The number of hydrogen-bond acceptors (Lipinski definition) is 6. The van der Waals surface area contributed by atoms with Gasteiger partial charge in [0, 0.05) is 38.6 Å². The standard InChI is InChI=1S/C18H24N4O2/c1-23-16-7-3-14(4-8-16)13-21-9-2-10-22(12-11-21)18-20-19-17(24-18)15-5-6-15/h3-4,7-8,15H,2,5-6,9-13H2,1H3. The Bertz CT molecular complexity index is 666. The molecular formula is C18H24N4O2. The monoisotopic (exact) mass is 328 g/mol. The molecule has 2 aliphatic rings. The molecule has 0 unspecified atom stereocenters. The van der Waals surface area contributed by atoms with E-state index >= 15 is 0 Å². The van der Waals surface area contributed by atoms with Gasteiger partial charge in [0.15, 0.2) is 0 Å². The molecule has 0 radical (unpaired) electrons. The van der Waals surface area contributed by atoms with Crippen molar-refractivity contribution in [2.75, 3.05) is 38.2 Å². The summed E-state index contributed by atoms with van der Waals surface area (Å²) in [4.78, 5) is 4.72. The van der Waals surface area contributed by atoms with Gasteiger partial charge in [-0.05, 0) is 37.0 Å². The van der Waals surface area contributed by atoms with Crippen LogP contribution in [-0.2, 0) is 6.54 Å². The van der Waals surface area contributed by atoms with E-state index < -0.39 is 0 Å². The minimum absolute atomic E-state index is 0.518. The summed E-state index contributed by atoms with van der Waals surface area (Å²) in [5, 5.41) is 8.45. The molecule has 1 aromatic heterocycles.